The minimum absolute atomic E-state index is 0.0743. The highest BCUT2D eigenvalue weighted by molar-refractivity contribution is 9.10. The Balaban J connectivity index is 1.71. The molecule has 36 heavy (non-hydrogen) atoms. The zero-order chi connectivity index (χ0) is 24.4. The third-order valence-corrected chi connectivity index (χ3v) is 8.40. The first-order valence-electron chi connectivity index (χ1n) is 12.5. The van der Waals surface area contributed by atoms with Crippen molar-refractivity contribution in [2.75, 3.05) is 0 Å². The van der Waals surface area contributed by atoms with Crippen molar-refractivity contribution in [1.29, 1.82) is 0 Å². The first kappa shape index (κ1) is 21.6. The molecular formula is C35H25Br. The summed E-state index contributed by atoms with van der Waals surface area (Å²) in [5.74, 6) is 0. The average Bonchev–Trinajstić information content (AvgIpc) is 3.12. The van der Waals surface area contributed by atoms with Crippen molar-refractivity contribution in [3.63, 3.8) is 0 Å². The van der Waals surface area contributed by atoms with Gasteiger partial charge in [0.1, 0.15) is 0 Å². The lowest BCUT2D eigenvalue weighted by atomic mass is 9.79. The molecule has 6 aromatic carbocycles. The van der Waals surface area contributed by atoms with Crippen molar-refractivity contribution >= 4 is 37.5 Å². The molecule has 0 saturated carbocycles. The Morgan fingerprint density at radius 1 is 0.472 bits per heavy atom. The fourth-order valence-corrected chi connectivity index (χ4v) is 6.57. The van der Waals surface area contributed by atoms with Crippen LogP contribution in [0.15, 0.2) is 120 Å². The molecule has 0 N–H and O–H groups in total. The van der Waals surface area contributed by atoms with Crippen LogP contribution in [0.3, 0.4) is 0 Å². The maximum absolute atomic E-state index is 3.72. The molecule has 172 valence electrons. The summed E-state index contributed by atoms with van der Waals surface area (Å²) < 4.78 is 1.13. The Labute approximate surface area is 220 Å². The second kappa shape index (κ2) is 7.91. The minimum atomic E-state index is -0.0743. The lowest BCUT2D eigenvalue weighted by Crippen LogP contribution is -2.15. The Morgan fingerprint density at radius 3 is 1.56 bits per heavy atom. The molecule has 0 aromatic heterocycles. The van der Waals surface area contributed by atoms with Gasteiger partial charge in [-0.2, -0.15) is 0 Å². The maximum atomic E-state index is 3.72. The molecule has 6 aromatic rings. The molecule has 1 heteroatoms. The minimum Gasteiger partial charge on any atom is -0.0622 e. The highest BCUT2D eigenvalue weighted by atomic mass is 79.9. The molecule has 0 saturated heterocycles. The summed E-state index contributed by atoms with van der Waals surface area (Å²) in [4.78, 5) is 0. The number of fused-ring (bicyclic) bond motifs is 5. The van der Waals surface area contributed by atoms with E-state index < -0.39 is 0 Å². The van der Waals surface area contributed by atoms with Crippen molar-refractivity contribution in [2.24, 2.45) is 0 Å². The summed E-state index contributed by atoms with van der Waals surface area (Å²) in [6, 6.07) is 42.3. The molecule has 0 unspecified atom stereocenters. The van der Waals surface area contributed by atoms with Crippen LogP contribution in [0.1, 0.15) is 25.0 Å². The fourth-order valence-electron chi connectivity index (χ4n) is 6.21. The summed E-state index contributed by atoms with van der Waals surface area (Å²) in [6.07, 6.45) is 0. The summed E-state index contributed by atoms with van der Waals surface area (Å²) in [5.41, 5.74) is 10.5. The number of hydrogen-bond acceptors (Lipinski definition) is 0. The zero-order valence-electron chi connectivity index (χ0n) is 20.3. The normalized spacial score (nSPS) is 13.6. The highest BCUT2D eigenvalue weighted by Gasteiger charge is 2.36. The molecule has 0 nitrogen and oxygen atoms in total. The summed E-state index contributed by atoms with van der Waals surface area (Å²) in [5, 5.41) is 5.22. The first-order valence-corrected chi connectivity index (χ1v) is 13.3. The second-order valence-corrected chi connectivity index (χ2v) is 11.2. The SMILES string of the molecule is CC1(C)c2cc(Br)ccc2-c2cc3c(-c4ccccc4)c4ccccc4c(-c4ccccc4)c3cc21. The van der Waals surface area contributed by atoms with Crippen LogP contribution in [0, 0.1) is 0 Å². The molecule has 0 aliphatic heterocycles. The average molecular weight is 525 g/mol. The van der Waals surface area contributed by atoms with Gasteiger partial charge in [0, 0.05) is 9.89 Å². The Kier molecular flexibility index (Phi) is 4.75. The van der Waals surface area contributed by atoms with Crippen molar-refractivity contribution in [3.8, 4) is 33.4 Å². The molecule has 0 radical (unpaired) electrons. The van der Waals surface area contributed by atoms with Crippen LogP contribution in [-0.4, -0.2) is 0 Å². The lowest BCUT2D eigenvalue weighted by Gasteiger charge is -2.24. The van der Waals surface area contributed by atoms with E-state index >= 15 is 0 Å². The number of rotatable bonds is 2. The predicted octanol–water partition coefficient (Wildman–Crippen LogP) is 10.4. The van der Waals surface area contributed by atoms with Crippen LogP contribution in [-0.2, 0) is 5.41 Å². The number of hydrogen-bond donors (Lipinski definition) is 0. The quantitative estimate of drug-likeness (QED) is 0.197. The van der Waals surface area contributed by atoms with E-state index in [4.69, 9.17) is 0 Å². The molecule has 0 bridgehead atoms. The number of halogens is 1. The van der Waals surface area contributed by atoms with Gasteiger partial charge in [0.2, 0.25) is 0 Å². The van der Waals surface area contributed by atoms with Gasteiger partial charge in [-0.15, -0.1) is 0 Å². The van der Waals surface area contributed by atoms with Gasteiger partial charge in [0.25, 0.3) is 0 Å². The molecule has 0 spiro atoms. The maximum Gasteiger partial charge on any atom is 0.0178 e. The van der Waals surface area contributed by atoms with Crippen LogP contribution < -0.4 is 0 Å². The van der Waals surface area contributed by atoms with Crippen LogP contribution in [0.25, 0.3) is 54.9 Å². The summed E-state index contributed by atoms with van der Waals surface area (Å²) in [6.45, 7) is 4.72. The van der Waals surface area contributed by atoms with Gasteiger partial charge >= 0.3 is 0 Å². The molecule has 7 rings (SSSR count). The van der Waals surface area contributed by atoms with E-state index in [-0.39, 0.29) is 5.41 Å². The molecule has 0 atom stereocenters. The first-order chi connectivity index (χ1) is 17.5. The Bertz CT molecular complexity index is 1790. The monoisotopic (exact) mass is 524 g/mol. The predicted molar refractivity (Wildman–Crippen MR) is 158 cm³/mol. The van der Waals surface area contributed by atoms with Gasteiger partial charge in [0.05, 0.1) is 0 Å². The van der Waals surface area contributed by atoms with E-state index in [2.05, 4.69) is 145 Å². The zero-order valence-corrected chi connectivity index (χ0v) is 21.9. The van der Waals surface area contributed by atoms with Gasteiger partial charge in [-0.25, -0.2) is 0 Å². The molecule has 0 fully saturated rings. The Hall–Kier alpha value is -3.68. The van der Waals surface area contributed by atoms with E-state index in [1.807, 2.05) is 0 Å². The third kappa shape index (κ3) is 3.06. The van der Waals surface area contributed by atoms with Crippen LogP contribution in [0.5, 0.6) is 0 Å². The largest absolute Gasteiger partial charge is 0.0622 e. The van der Waals surface area contributed by atoms with Gasteiger partial charge in [-0.05, 0) is 90.3 Å². The van der Waals surface area contributed by atoms with Gasteiger partial charge in [0.15, 0.2) is 0 Å². The molecule has 1 aliphatic carbocycles. The number of benzene rings is 6. The van der Waals surface area contributed by atoms with E-state index in [0.717, 1.165) is 4.47 Å². The third-order valence-electron chi connectivity index (χ3n) is 7.91. The smallest absolute Gasteiger partial charge is 0.0178 e. The topological polar surface area (TPSA) is 0 Å². The standard InChI is InChI=1S/C35H25Br/c1-35(2)31-19-24(36)17-18-25(31)28-20-29-30(21-32(28)35)34(23-13-7-4-8-14-23)27-16-10-9-15-26(27)33(29)22-11-5-3-6-12-22/h3-21H,1-2H3. The summed E-state index contributed by atoms with van der Waals surface area (Å²) in [7, 11) is 0. The van der Waals surface area contributed by atoms with Crippen molar-refractivity contribution in [1.82, 2.24) is 0 Å². The van der Waals surface area contributed by atoms with Gasteiger partial charge in [-0.1, -0.05) is 121 Å². The van der Waals surface area contributed by atoms with Crippen molar-refractivity contribution in [2.45, 2.75) is 19.3 Å². The van der Waals surface area contributed by atoms with E-state index in [1.165, 1.54) is 66.1 Å². The molecule has 1 aliphatic rings. The molecular weight excluding hydrogens is 500 g/mol. The Morgan fingerprint density at radius 2 is 0.972 bits per heavy atom. The molecule has 0 amide bonds. The van der Waals surface area contributed by atoms with Gasteiger partial charge < -0.3 is 0 Å². The van der Waals surface area contributed by atoms with Crippen molar-refractivity contribution < 1.29 is 0 Å². The highest BCUT2D eigenvalue weighted by Crippen LogP contribution is 2.53. The van der Waals surface area contributed by atoms with Gasteiger partial charge in [-0.3, -0.25) is 0 Å². The van der Waals surface area contributed by atoms with Crippen LogP contribution >= 0.6 is 15.9 Å². The second-order valence-electron chi connectivity index (χ2n) is 10.3. The lowest BCUT2D eigenvalue weighted by molar-refractivity contribution is 0.661. The van der Waals surface area contributed by atoms with Crippen LogP contribution in [0.4, 0.5) is 0 Å². The van der Waals surface area contributed by atoms with E-state index in [1.54, 1.807) is 0 Å². The van der Waals surface area contributed by atoms with Crippen molar-refractivity contribution in [3.05, 3.63) is 131 Å². The van der Waals surface area contributed by atoms with E-state index in [9.17, 15) is 0 Å². The summed E-state index contributed by atoms with van der Waals surface area (Å²) >= 11 is 3.72. The molecule has 0 heterocycles. The fraction of sp³-hybridized carbons (Fsp3) is 0.0857. The van der Waals surface area contributed by atoms with E-state index in [0.29, 0.717) is 0 Å². The van der Waals surface area contributed by atoms with Crippen LogP contribution in [0.2, 0.25) is 0 Å².